The first-order chi connectivity index (χ1) is 6.27. The molecule has 1 rings (SSSR count). The Bertz CT molecular complexity index is 351. The van der Waals surface area contributed by atoms with Crippen molar-refractivity contribution in [1.82, 2.24) is 0 Å². The van der Waals surface area contributed by atoms with Gasteiger partial charge in [0.25, 0.3) is 0 Å². The Hall–Kier alpha value is -1.89. The van der Waals surface area contributed by atoms with Crippen LogP contribution in [0.25, 0.3) is 0 Å². The van der Waals surface area contributed by atoms with Gasteiger partial charge in [-0.05, 0) is 24.3 Å². The molecular weight excluding hydrogens is 171 g/mol. The SMILES string of the molecule is CON=C(C#N)c1ccc(F)cc1. The number of hydrogen-bond acceptors (Lipinski definition) is 3. The number of benzene rings is 1. The average Bonchev–Trinajstić information content (AvgIpc) is 2.16. The summed E-state index contributed by atoms with van der Waals surface area (Å²) in [7, 11) is 1.35. The second-order valence-corrected chi connectivity index (χ2v) is 2.24. The van der Waals surface area contributed by atoms with Gasteiger partial charge in [0.05, 0.1) is 0 Å². The second-order valence-electron chi connectivity index (χ2n) is 2.24. The third kappa shape index (κ3) is 2.27. The standard InChI is InChI=1S/C9H7FN2O/c1-13-12-9(6-11)7-2-4-8(10)5-3-7/h2-5H,1H3. The van der Waals surface area contributed by atoms with Gasteiger partial charge in [-0.15, -0.1) is 0 Å². The van der Waals surface area contributed by atoms with Crippen molar-refractivity contribution in [2.45, 2.75) is 0 Å². The first kappa shape index (κ1) is 9.20. The number of nitriles is 1. The number of oxime groups is 1. The molecule has 0 saturated carbocycles. The van der Waals surface area contributed by atoms with Crippen molar-refractivity contribution >= 4 is 5.71 Å². The van der Waals surface area contributed by atoms with Crippen LogP contribution in [0.2, 0.25) is 0 Å². The van der Waals surface area contributed by atoms with E-state index >= 15 is 0 Å². The second kappa shape index (κ2) is 4.21. The van der Waals surface area contributed by atoms with E-state index in [0.29, 0.717) is 5.56 Å². The van der Waals surface area contributed by atoms with Crippen molar-refractivity contribution in [3.05, 3.63) is 35.6 Å². The Kier molecular flexibility index (Phi) is 2.98. The van der Waals surface area contributed by atoms with E-state index in [1.165, 1.54) is 31.4 Å². The maximum absolute atomic E-state index is 12.5. The zero-order chi connectivity index (χ0) is 9.68. The van der Waals surface area contributed by atoms with Crippen molar-refractivity contribution in [3.8, 4) is 6.07 Å². The Balaban J connectivity index is 3.01. The van der Waals surface area contributed by atoms with Crippen molar-refractivity contribution in [2.75, 3.05) is 7.11 Å². The summed E-state index contributed by atoms with van der Waals surface area (Å²) in [6.07, 6.45) is 0. The zero-order valence-corrected chi connectivity index (χ0v) is 6.99. The molecule has 0 atom stereocenters. The van der Waals surface area contributed by atoms with Gasteiger partial charge in [-0.2, -0.15) is 5.26 Å². The lowest BCUT2D eigenvalue weighted by Crippen LogP contribution is -1.97. The highest BCUT2D eigenvalue weighted by atomic mass is 19.1. The van der Waals surface area contributed by atoms with Crippen LogP contribution in [0.3, 0.4) is 0 Å². The molecule has 0 saturated heterocycles. The summed E-state index contributed by atoms with van der Waals surface area (Å²) >= 11 is 0. The maximum atomic E-state index is 12.5. The third-order valence-electron chi connectivity index (χ3n) is 1.41. The van der Waals surface area contributed by atoms with Crippen LogP contribution < -0.4 is 0 Å². The summed E-state index contributed by atoms with van der Waals surface area (Å²) in [5, 5.41) is 12.1. The normalized spacial score (nSPS) is 10.7. The predicted octanol–water partition coefficient (Wildman–Crippen LogP) is 1.70. The van der Waals surface area contributed by atoms with Crippen LogP contribution in [-0.4, -0.2) is 12.8 Å². The predicted molar refractivity (Wildman–Crippen MR) is 45.6 cm³/mol. The van der Waals surface area contributed by atoms with Crippen molar-refractivity contribution in [2.24, 2.45) is 5.16 Å². The molecule has 0 fully saturated rings. The van der Waals surface area contributed by atoms with E-state index in [9.17, 15) is 4.39 Å². The quantitative estimate of drug-likeness (QED) is 0.511. The van der Waals surface area contributed by atoms with E-state index in [1.54, 1.807) is 0 Å². The largest absolute Gasteiger partial charge is 0.398 e. The molecule has 0 amide bonds. The number of hydrogen-bond donors (Lipinski definition) is 0. The van der Waals surface area contributed by atoms with Crippen LogP contribution in [-0.2, 0) is 4.84 Å². The average molecular weight is 178 g/mol. The molecule has 3 nitrogen and oxygen atoms in total. The van der Waals surface area contributed by atoms with E-state index in [1.807, 2.05) is 6.07 Å². The fourth-order valence-electron chi connectivity index (χ4n) is 0.837. The molecule has 4 heteroatoms. The van der Waals surface area contributed by atoms with Gasteiger partial charge >= 0.3 is 0 Å². The Morgan fingerprint density at radius 3 is 2.54 bits per heavy atom. The first-order valence-corrected chi connectivity index (χ1v) is 3.55. The minimum absolute atomic E-state index is 0.127. The highest BCUT2D eigenvalue weighted by molar-refractivity contribution is 6.11. The molecule has 0 unspecified atom stereocenters. The summed E-state index contributed by atoms with van der Waals surface area (Å²) in [6, 6.07) is 7.30. The van der Waals surface area contributed by atoms with Gasteiger partial charge in [-0.25, -0.2) is 4.39 Å². The number of halogens is 1. The van der Waals surface area contributed by atoms with Crippen molar-refractivity contribution in [1.29, 1.82) is 5.26 Å². The molecular formula is C9H7FN2O. The molecule has 0 spiro atoms. The van der Waals surface area contributed by atoms with Crippen LogP contribution in [0.5, 0.6) is 0 Å². The minimum atomic E-state index is -0.349. The Labute approximate surface area is 75.0 Å². The molecule has 0 aliphatic heterocycles. The summed E-state index contributed by atoms with van der Waals surface area (Å²) in [5.41, 5.74) is 0.660. The van der Waals surface area contributed by atoms with E-state index in [4.69, 9.17) is 5.26 Å². The van der Waals surface area contributed by atoms with E-state index in [-0.39, 0.29) is 11.5 Å². The molecule has 0 N–H and O–H groups in total. The smallest absolute Gasteiger partial charge is 0.186 e. The summed E-state index contributed by atoms with van der Waals surface area (Å²) < 4.78 is 12.5. The molecule has 1 aromatic carbocycles. The van der Waals surface area contributed by atoms with Crippen molar-refractivity contribution in [3.63, 3.8) is 0 Å². The van der Waals surface area contributed by atoms with E-state index in [0.717, 1.165) is 0 Å². The third-order valence-corrected chi connectivity index (χ3v) is 1.41. The highest BCUT2D eigenvalue weighted by Gasteiger charge is 2.02. The van der Waals surface area contributed by atoms with Crippen LogP contribution in [0.1, 0.15) is 5.56 Å². The minimum Gasteiger partial charge on any atom is -0.398 e. The van der Waals surface area contributed by atoms with Gasteiger partial charge in [0.15, 0.2) is 5.71 Å². The lowest BCUT2D eigenvalue weighted by atomic mass is 10.1. The molecule has 0 heterocycles. The molecule has 0 aliphatic carbocycles. The topological polar surface area (TPSA) is 45.4 Å². The molecule has 13 heavy (non-hydrogen) atoms. The first-order valence-electron chi connectivity index (χ1n) is 3.55. The molecule has 66 valence electrons. The highest BCUT2D eigenvalue weighted by Crippen LogP contribution is 2.04. The van der Waals surface area contributed by atoms with Crippen molar-refractivity contribution < 1.29 is 9.23 Å². The van der Waals surface area contributed by atoms with Crippen LogP contribution in [0.4, 0.5) is 4.39 Å². The molecule has 0 aromatic heterocycles. The summed E-state index contributed by atoms with van der Waals surface area (Å²) in [5.74, 6) is -0.349. The van der Waals surface area contributed by atoms with Crippen LogP contribution in [0, 0.1) is 17.1 Å². The molecule has 0 bridgehead atoms. The number of nitrogens with zero attached hydrogens (tertiary/aromatic N) is 2. The van der Waals surface area contributed by atoms with Gasteiger partial charge in [0.1, 0.15) is 19.0 Å². The van der Waals surface area contributed by atoms with Crippen LogP contribution in [0.15, 0.2) is 29.4 Å². The van der Waals surface area contributed by atoms with Gasteiger partial charge in [-0.3, -0.25) is 0 Å². The fourth-order valence-corrected chi connectivity index (χ4v) is 0.837. The van der Waals surface area contributed by atoms with Gasteiger partial charge < -0.3 is 4.84 Å². The lowest BCUT2D eigenvalue weighted by Gasteiger charge is -1.95. The molecule has 0 aliphatic rings. The van der Waals surface area contributed by atoms with Crippen LogP contribution >= 0.6 is 0 Å². The Morgan fingerprint density at radius 1 is 1.46 bits per heavy atom. The summed E-state index contributed by atoms with van der Waals surface area (Å²) in [6.45, 7) is 0. The summed E-state index contributed by atoms with van der Waals surface area (Å²) in [4.78, 5) is 4.45. The fraction of sp³-hybridized carbons (Fsp3) is 0.111. The maximum Gasteiger partial charge on any atom is 0.186 e. The number of rotatable bonds is 2. The Morgan fingerprint density at radius 2 is 2.08 bits per heavy atom. The monoisotopic (exact) mass is 178 g/mol. The molecule has 0 radical (unpaired) electrons. The molecule has 1 aromatic rings. The lowest BCUT2D eigenvalue weighted by molar-refractivity contribution is 0.214. The van der Waals surface area contributed by atoms with E-state index in [2.05, 4.69) is 9.99 Å². The van der Waals surface area contributed by atoms with Gasteiger partial charge in [0.2, 0.25) is 0 Å². The zero-order valence-electron chi connectivity index (χ0n) is 6.99. The van der Waals surface area contributed by atoms with E-state index < -0.39 is 0 Å². The van der Waals surface area contributed by atoms with Gasteiger partial charge in [-0.1, -0.05) is 5.16 Å². The van der Waals surface area contributed by atoms with Gasteiger partial charge in [0, 0.05) is 5.56 Å².